The summed E-state index contributed by atoms with van der Waals surface area (Å²) < 4.78 is 4.94. The molecule has 0 bridgehead atoms. The lowest BCUT2D eigenvalue weighted by atomic mass is 9.73. The van der Waals surface area contributed by atoms with Crippen molar-refractivity contribution in [1.82, 2.24) is 15.1 Å². The number of fused-ring (bicyclic) bond motifs is 2. The first-order chi connectivity index (χ1) is 12.0. The molecule has 3 rings (SSSR count). The lowest BCUT2D eigenvalue weighted by Gasteiger charge is -2.41. The molecule has 1 heterocycles. The molecule has 25 heavy (non-hydrogen) atoms. The van der Waals surface area contributed by atoms with Crippen LogP contribution >= 0.6 is 0 Å². The molecule has 1 aromatic rings. The number of hydrogen-bond donors (Lipinski definition) is 1. The molecule has 0 radical (unpaired) electrons. The molecule has 3 amide bonds. The highest BCUT2D eigenvalue weighted by atomic mass is 16.5. The molecular formula is C19H27N3O3. The van der Waals surface area contributed by atoms with E-state index in [0.717, 1.165) is 32.4 Å². The second kappa shape index (κ2) is 7.04. The van der Waals surface area contributed by atoms with E-state index in [-0.39, 0.29) is 30.0 Å². The summed E-state index contributed by atoms with van der Waals surface area (Å²) in [5, 5.41) is 3.11. The van der Waals surface area contributed by atoms with Crippen LogP contribution in [-0.2, 0) is 14.9 Å². The molecule has 1 unspecified atom stereocenters. The number of carbonyl (C=O) groups is 2. The molecule has 0 aromatic heterocycles. The largest absolute Gasteiger partial charge is 0.375 e. The first kappa shape index (κ1) is 17.7. The van der Waals surface area contributed by atoms with Crippen LogP contribution in [-0.4, -0.2) is 62.6 Å². The van der Waals surface area contributed by atoms with Crippen LogP contribution in [0.25, 0.3) is 0 Å². The Morgan fingerprint density at radius 3 is 2.60 bits per heavy atom. The van der Waals surface area contributed by atoms with E-state index in [1.807, 2.05) is 11.0 Å². The summed E-state index contributed by atoms with van der Waals surface area (Å²) in [6.07, 6.45) is 2.76. The maximum absolute atomic E-state index is 12.2. The fourth-order valence-corrected chi connectivity index (χ4v) is 4.27. The maximum Gasteiger partial charge on any atom is 0.319 e. The van der Waals surface area contributed by atoms with Crippen molar-refractivity contribution in [2.45, 2.75) is 30.7 Å². The summed E-state index contributed by atoms with van der Waals surface area (Å²) >= 11 is 0. The van der Waals surface area contributed by atoms with Crippen LogP contribution in [0.2, 0.25) is 0 Å². The second-order valence-electron chi connectivity index (χ2n) is 7.29. The minimum absolute atomic E-state index is 0.0231. The van der Waals surface area contributed by atoms with Crippen LogP contribution in [0.5, 0.6) is 0 Å². The van der Waals surface area contributed by atoms with Crippen molar-refractivity contribution in [3.8, 4) is 0 Å². The number of hydrogen-bond acceptors (Lipinski definition) is 3. The lowest BCUT2D eigenvalue weighted by Crippen LogP contribution is -2.48. The Bertz CT molecular complexity index is 651. The minimum atomic E-state index is -0.0837. The Morgan fingerprint density at radius 1 is 1.28 bits per heavy atom. The molecule has 1 spiro atoms. The molecule has 1 aromatic carbocycles. The number of ether oxygens (including phenoxy) is 1. The number of likely N-dealkylation sites (tertiary alicyclic amines) is 1. The molecule has 1 atom stereocenters. The minimum Gasteiger partial charge on any atom is -0.375 e. The molecule has 6 nitrogen and oxygen atoms in total. The Hall–Kier alpha value is -2.08. The zero-order chi connectivity index (χ0) is 18.0. The van der Waals surface area contributed by atoms with E-state index in [2.05, 4.69) is 23.5 Å². The summed E-state index contributed by atoms with van der Waals surface area (Å²) in [5.41, 5.74) is 2.58. The van der Waals surface area contributed by atoms with Gasteiger partial charge in [0.2, 0.25) is 5.91 Å². The van der Waals surface area contributed by atoms with Gasteiger partial charge in [0.05, 0.1) is 6.04 Å². The van der Waals surface area contributed by atoms with Gasteiger partial charge in [0.25, 0.3) is 0 Å². The predicted octanol–water partition coefficient (Wildman–Crippen LogP) is 1.91. The molecular weight excluding hydrogens is 318 g/mol. The van der Waals surface area contributed by atoms with Gasteiger partial charge in [-0.05, 0) is 30.4 Å². The highest BCUT2D eigenvalue weighted by molar-refractivity contribution is 5.78. The summed E-state index contributed by atoms with van der Waals surface area (Å²) in [4.78, 5) is 27.8. The zero-order valence-corrected chi connectivity index (χ0v) is 15.2. The van der Waals surface area contributed by atoms with Crippen molar-refractivity contribution in [3.63, 3.8) is 0 Å². The molecule has 6 heteroatoms. The van der Waals surface area contributed by atoms with Gasteiger partial charge in [0.15, 0.2) is 0 Å². The van der Waals surface area contributed by atoms with Crippen molar-refractivity contribution in [1.29, 1.82) is 0 Å². The van der Waals surface area contributed by atoms with Crippen molar-refractivity contribution in [2.75, 3.05) is 40.9 Å². The van der Waals surface area contributed by atoms with Crippen LogP contribution in [0.3, 0.4) is 0 Å². The first-order valence-corrected chi connectivity index (χ1v) is 8.81. The summed E-state index contributed by atoms with van der Waals surface area (Å²) in [6.45, 7) is 1.59. The van der Waals surface area contributed by atoms with E-state index in [1.165, 1.54) is 18.2 Å². The van der Waals surface area contributed by atoms with Gasteiger partial charge in [-0.1, -0.05) is 24.3 Å². The van der Waals surface area contributed by atoms with Crippen molar-refractivity contribution in [3.05, 3.63) is 35.4 Å². The zero-order valence-electron chi connectivity index (χ0n) is 15.2. The van der Waals surface area contributed by atoms with Crippen LogP contribution in [0, 0.1) is 0 Å². The van der Waals surface area contributed by atoms with Crippen LogP contribution in [0.4, 0.5) is 4.79 Å². The molecule has 2 aliphatic rings. The van der Waals surface area contributed by atoms with E-state index in [0.29, 0.717) is 0 Å². The molecule has 136 valence electrons. The fourth-order valence-electron chi connectivity index (χ4n) is 4.27. The number of methoxy groups -OCH3 is 1. The number of piperidine rings is 1. The predicted molar refractivity (Wildman–Crippen MR) is 95.4 cm³/mol. The smallest absolute Gasteiger partial charge is 0.319 e. The van der Waals surface area contributed by atoms with Crippen LogP contribution in [0.15, 0.2) is 24.3 Å². The monoisotopic (exact) mass is 345 g/mol. The Labute approximate surface area is 149 Å². The Balaban J connectivity index is 1.77. The third-order valence-corrected chi connectivity index (χ3v) is 5.49. The first-order valence-electron chi connectivity index (χ1n) is 8.81. The average molecular weight is 345 g/mol. The van der Waals surface area contributed by atoms with E-state index in [1.54, 1.807) is 19.0 Å². The van der Waals surface area contributed by atoms with Gasteiger partial charge < -0.3 is 19.9 Å². The van der Waals surface area contributed by atoms with Gasteiger partial charge in [-0.25, -0.2) is 4.79 Å². The average Bonchev–Trinajstić information content (AvgIpc) is 2.89. The number of nitrogens with zero attached hydrogens (tertiary/aromatic N) is 2. The Morgan fingerprint density at radius 2 is 1.96 bits per heavy atom. The van der Waals surface area contributed by atoms with Gasteiger partial charge in [0, 0.05) is 39.7 Å². The molecule has 1 fully saturated rings. The standard InChI is InChI=1S/C19H27N3O3/c1-21(2)18(24)22-10-8-19(9-11-22)12-16(20-17(23)13-25-3)14-6-4-5-7-15(14)19/h4-7,16H,8-13H2,1-3H3,(H,20,23). The maximum atomic E-state index is 12.2. The summed E-state index contributed by atoms with van der Waals surface area (Å²) in [7, 11) is 5.11. The number of urea groups is 1. The number of benzene rings is 1. The topological polar surface area (TPSA) is 61.9 Å². The van der Waals surface area contributed by atoms with Crippen molar-refractivity contribution < 1.29 is 14.3 Å². The third kappa shape index (κ3) is 3.35. The number of carbonyl (C=O) groups excluding carboxylic acids is 2. The number of rotatable bonds is 3. The molecule has 1 aliphatic carbocycles. The van der Waals surface area contributed by atoms with E-state index in [9.17, 15) is 9.59 Å². The summed E-state index contributed by atoms with van der Waals surface area (Å²) in [6, 6.07) is 8.48. The van der Waals surface area contributed by atoms with Gasteiger partial charge in [-0.2, -0.15) is 0 Å². The van der Waals surface area contributed by atoms with E-state index < -0.39 is 0 Å². The third-order valence-electron chi connectivity index (χ3n) is 5.49. The van der Waals surface area contributed by atoms with Gasteiger partial charge in [-0.15, -0.1) is 0 Å². The lowest BCUT2D eigenvalue weighted by molar-refractivity contribution is -0.125. The Kier molecular flexibility index (Phi) is 4.99. The van der Waals surface area contributed by atoms with E-state index in [4.69, 9.17) is 4.74 Å². The normalized spacial score (nSPS) is 21.1. The van der Waals surface area contributed by atoms with Crippen LogP contribution < -0.4 is 5.32 Å². The highest BCUT2D eigenvalue weighted by Gasteiger charge is 2.46. The second-order valence-corrected chi connectivity index (χ2v) is 7.29. The van der Waals surface area contributed by atoms with Gasteiger partial charge >= 0.3 is 6.03 Å². The molecule has 1 saturated heterocycles. The number of nitrogens with one attached hydrogen (secondary N) is 1. The van der Waals surface area contributed by atoms with Crippen molar-refractivity contribution in [2.24, 2.45) is 0 Å². The highest BCUT2D eigenvalue weighted by Crippen LogP contribution is 2.50. The fraction of sp³-hybridized carbons (Fsp3) is 0.579. The van der Waals surface area contributed by atoms with E-state index >= 15 is 0 Å². The van der Waals surface area contributed by atoms with Crippen LogP contribution in [0.1, 0.15) is 36.4 Å². The summed E-state index contributed by atoms with van der Waals surface area (Å²) in [5.74, 6) is -0.0837. The molecule has 1 N–H and O–H groups in total. The molecule has 1 aliphatic heterocycles. The quantitative estimate of drug-likeness (QED) is 0.910. The molecule has 0 saturated carbocycles. The SMILES string of the molecule is COCC(=O)NC1CC2(CCN(C(=O)N(C)C)CC2)c2ccccc21. The number of amides is 3. The van der Waals surface area contributed by atoms with Gasteiger partial charge in [-0.3, -0.25) is 4.79 Å². The van der Waals surface area contributed by atoms with Crippen molar-refractivity contribution >= 4 is 11.9 Å². The van der Waals surface area contributed by atoms with Gasteiger partial charge in [0.1, 0.15) is 6.61 Å².